The van der Waals surface area contributed by atoms with Gasteiger partial charge in [-0.1, -0.05) is 30.3 Å². The molecule has 0 atom stereocenters. The Morgan fingerprint density at radius 1 is 0.976 bits per heavy atom. The van der Waals surface area contributed by atoms with Gasteiger partial charge in [0.2, 0.25) is 5.95 Å². The molecule has 0 radical (unpaired) electrons. The third-order valence-corrected chi connectivity index (χ3v) is 6.20. The van der Waals surface area contributed by atoms with Gasteiger partial charge in [0.05, 0.1) is 11.3 Å². The SMILES string of the molecule is CN(CCN(C)c1ccc(-c2ccnc(Nc3ccc(OCc4ccccc4)c(C=O)c3)n2)cn1)C(=O)OC(C)(C)C. The molecule has 0 saturated carbocycles. The van der Waals surface area contributed by atoms with Crippen molar-refractivity contribution in [1.82, 2.24) is 19.9 Å². The van der Waals surface area contributed by atoms with Crippen LogP contribution >= 0.6 is 0 Å². The van der Waals surface area contributed by atoms with Crippen LogP contribution in [0.5, 0.6) is 5.75 Å². The van der Waals surface area contributed by atoms with E-state index in [1.807, 2.05) is 81.2 Å². The number of ether oxygens (including phenoxy) is 2. The summed E-state index contributed by atoms with van der Waals surface area (Å²) in [7, 11) is 3.64. The van der Waals surface area contributed by atoms with Gasteiger partial charge in [0.25, 0.3) is 0 Å². The van der Waals surface area contributed by atoms with Crippen LogP contribution in [-0.4, -0.2) is 65.0 Å². The largest absolute Gasteiger partial charge is 0.488 e. The van der Waals surface area contributed by atoms with E-state index in [0.29, 0.717) is 48.3 Å². The highest BCUT2D eigenvalue weighted by molar-refractivity contribution is 5.82. The number of nitrogens with one attached hydrogen (secondary N) is 1. The predicted molar refractivity (Wildman–Crippen MR) is 163 cm³/mol. The van der Waals surface area contributed by atoms with Crippen molar-refractivity contribution in [3.63, 3.8) is 0 Å². The fourth-order valence-electron chi connectivity index (χ4n) is 3.90. The molecule has 10 nitrogen and oxygen atoms in total. The summed E-state index contributed by atoms with van der Waals surface area (Å²) >= 11 is 0. The van der Waals surface area contributed by atoms with E-state index in [4.69, 9.17) is 9.47 Å². The lowest BCUT2D eigenvalue weighted by molar-refractivity contribution is 0.0303. The van der Waals surface area contributed by atoms with E-state index in [9.17, 15) is 9.59 Å². The van der Waals surface area contributed by atoms with Crippen molar-refractivity contribution in [1.29, 1.82) is 0 Å². The fourth-order valence-corrected chi connectivity index (χ4v) is 3.90. The van der Waals surface area contributed by atoms with E-state index in [1.165, 1.54) is 0 Å². The van der Waals surface area contributed by atoms with Crippen LogP contribution in [0.25, 0.3) is 11.3 Å². The van der Waals surface area contributed by atoms with Gasteiger partial charge in [-0.25, -0.2) is 19.7 Å². The molecule has 1 N–H and O–H groups in total. The van der Waals surface area contributed by atoms with E-state index < -0.39 is 5.60 Å². The van der Waals surface area contributed by atoms with Gasteiger partial charge in [-0.05, 0) is 62.7 Å². The molecule has 0 fully saturated rings. The van der Waals surface area contributed by atoms with Crippen molar-refractivity contribution in [3.8, 4) is 17.0 Å². The third kappa shape index (κ3) is 8.50. The average molecular weight is 569 g/mol. The molecule has 2 aromatic heterocycles. The molecule has 0 bridgehead atoms. The highest BCUT2D eigenvalue weighted by Crippen LogP contribution is 2.25. The van der Waals surface area contributed by atoms with E-state index in [1.54, 1.807) is 42.5 Å². The van der Waals surface area contributed by atoms with Crippen molar-refractivity contribution in [2.75, 3.05) is 37.4 Å². The van der Waals surface area contributed by atoms with Crippen molar-refractivity contribution >= 4 is 29.8 Å². The van der Waals surface area contributed by atoms with Crippen LogP contribution in [0.3, 0.4) is 0 Å². The first-order valence-corrected chi connectivity index (χ1v) is 13.6. The van der Waals surface area contributed by atoms with Crippen LogP contribution in [-0.2, 0) is 11.3 Å². The number of likely N-dealkylation sites (N-methyl/N-ethyl adjacent to an activating group) is 2. The van der Waals surface area contributed by atoms with Gasteiger partial charge in [0, 0.05) is 50.8 Å². The summed E-state index contributed by atoms with van der Waals surface area (Å²) < 4.78 is 11.3. The van der Waals surface area contributed by atoms with Crippen LogP contribution in [0.4, 0.5) is 22.2 Å². The van der Waals surface area contributed by atoms with Crippen molar-refractivity contribution in [2.24, 2.45) is 0 Å². The number of benzene rings is 2. The zero-order chi connectivity index (χ0) is 30.1. The topological polar surface area (TPSA) is 110 Å². The molecule has 2 heterocycles. The minimum atomic E-state index is -0.536. The number of nitrogens with zero attached hydrogens (tertiary/aromatic N) is 5. The second kappa shape index (κ2) is 13.6. The molecule has 218 valence electrons. The number of rotatable bonds is 11. The first-order chi connectivity index (χ1) is 20.1. The van der Waals surface area contributed by atoms with Crippen LogP contribution in [0, 0.1) is 0 Å². The molecule has 42 heavy (non-hydrogen) atoms. The van der Waals surface area contributed by atoms with E-state index in [2.05, 4.69) is 20.3 Å². The summed E-state index contributed by atoms with van der Waals surface area (Å²) in [5.41, 5.74) is 3.08. The number of aldehydes is 1. The van der Waals surface area contributed by atoms with Crippen molar-refractivity contribution in [3.05, 3.63) is 90.3 Å². The zero-order valence-corrected chi connectivity index (χ0v) is 24.6. The van der Waals surface area contributed by atoms with Crippen molar-refractivity contribution in [2.45, 2.75) is 33.0 Å². The summed E-state index contributed by atoms with van der Waals surface area (Å²) in [6.07, 6.45) is 3.82. The molecule has 1 amide bonds. The van der Waals surface area contributed by atoms with Crippen molar-refractivity contribution < 1.29 is 19.1 Å². The molecular formula is C32H36N6O4. The number of hydrogen-bond donors (Lipinski definition) is 1. The first kappa shape index (κ1) is 30.0. The maximum absolute atomic E-state index is 12.2. The highest BCUT2D eigenvalue weighted by atomic mass is 16.6. The molecule has 0 aliphatic heterocycles. The summed E-state index contributed by atoms with van der Waals surface area (Å²) in [5.74, 6) is 1.65. The minimum Gasteiger partial charge on any atom is -0.488 e. The molecule has 0 saturated heterocycles. The van der Waals surface area contributed by atoms with Crippen LogP contribution in [0.2, 0.25) is 0 Å². The first-order valence-electron chi connectivity index (χ1n) is 13.6. The van der Waals surface area contributed by atoms with Crippen LogP contribution < -0.4 is 15.0 Å². The lowest BCUT2D eigenvalue weighted by atomic mass is 10.2. The maximum Gasteiger partial charge on any atom is 0.410 e. The molecular weight excluding hydrogens is 532 g/mol. The summed E-state index contributed by atoms with van der Waals surface area (Å²) in [6.45, 7) is 6.97. The fraction of sp³-hybridized carbons (Fsp3) is 0.281. The Bertz CT molecular complexity index is 1490. The number of anilines is 3. The predicted octanol–water partition coefficient (Wildman–Crippen LogP) is 5.98. The van der Waals surface area contributed by atoms with Gasteiger partial charge in [-0.3, -0.25) is 4.79 Å². The number of carbonyl (C=O) groups excluding carboxylic acids is 2. The summed E-state index contributed by atoms with van der Waals surface area (Å²) in [5, 5.41) is 3.16. The molecule has 2 aromatic carbocycles. The quantitative estimate of drug-likeness (QED) is 0.219. The Morgan fingerprint density at radius 2 is 1.76 bits per heavy atom. The molecule has 0 spiro atoms. The standard InChI is InChI=1S/C32H36N6O4/c1-32(2,3)42-31(40)38(5)18-17-37(4)29-14-11-24(20-34-29)27-15-16-33-30(36-27)35-26-12-13-28(25(19-26)21-39)41-22-23-9-7-6-8-10-23/h6-16,19-21H,17-18,22H2,1-5H3,(H,33,35,36). The Labute approximate surface area is 246 Å². The Balaban J connectivity index is 1.36. The molecule has 0 aliphatic rings. The lowest BCUT2D eigenvalue weighted by Gasteiger charge is -2.26. The Kier molecular flexibility index (Phi) is 9.69. The van der Waals surface area contributed by atoms with Gasteiger partial charge in [0.15, 0.2) is 6.29 Å². The smallest absolute Gasteiger partial charge is 0.410 e. The van der Waals surface area contributed by atoms with E-state index in [0.717, 1.165) is 23.2 Å². The molecule has 4 rings (SSSR count). The monoisotopic (exact) mass is 568 g/mol. The van der Waals surface area contributed by atoms with Gasteiger partial charge in [-0.2, -0.15) is 0 Å². The van der Waals surface area contributed by atoms with E-state index >= 15 is 0 Å². The Hall–Kier alpha value is -4.99. The number of amides is 1. The second-order valence-corrected chi connectivity index (χ2v) is 10.8. The zero-order valence-electron chi connectivity index (χ0n) is 24.6. The molecule has 10 heteroatoms. The molecule has 0 aliphatic carbocycles. The minimum absolute atomic E-state index is 0.359. The van der Waals surface area contributed by atoms with Crippen LogP contribution in [0.15, 0.2) is 79.1 Å². The molecule has 4 aromatic rings. The maximum atomic E-state index is 12.2. The van der Waals surface area contributed by atoms with Crippen LogP contribution in [0.1, 0.15) is 36.7 Å². The average Bonchev–Trinajstić information content (AvgIpc) is 2.98. The number of carbonyl (C=O) groups is 2. The third-order valence-electron chi connectivity index (χ3n) is 6.20. The Morgan fingerprint density at radius 3 is 2.45 bits per heavy atom. The van der Waals surface area contributed by atoms with Gasteiger partial charge in [-0.15, -0.1) is 0 Å². The number of aromatic nitrogens is 3. The number of pyridine rings is 1. The summed E-state index contributed by atoms with van der Waals surface area (Å²) in [4.78, 5) is 41.0. The molecule has 0 unspecified atom stereocenters. The highest BCUT2D eigenvalue weighted by Gasteiger charge is 2.19. The summed E-state index contributed by atoms with van der Waals surface area (Å²) in [6, 6.07) is 20.7. The van der Waals surface area contributed by atoms with Gasteiger partial charge >= 0.3 is 6.09 Å². The van der Waals surface area contributed by atoms with E-state index in [-0.39, 0.29) is 6.09 Å². The number of hydrogen-bond acceptors (Lipinski definition) is 9. The van der Waals surface area contributed by atoms with Gasteiger partial charge < -0.3 is 24.6 Å². The normalized spacial score (nSPS) is 11.0. The lowest BCUT2D eigenvalue weighted by Crippen LogP contribution is -2.38. The van der Waals surface area contributed by atoms with Gasteiger partial charge in [0.1, 0.15) is 23.8 Å². The second-order valence-electron chi connectivity index (χ2n) is 10.8.